The molecule has 1 aromatic heterocycles. The Morgan fingerprint density at radius 2 is 1.88 bits per heavy atom. The monoisotopic (exact) mass is 596 g/mol. The van der Waals surface area contributed by atoms with Crippen molar-refractivity contribution in [3.63, 3.8) is 0 Å². The standard InChI is InChI=1S/C34H32N2O4S2/c1-5-10-26-19-24(13-18-28(26)40-21-23-11-8-7-9-12-23)20-29-32(37)36-31(25-14-16-27(41-4)17-15-25)30(33(38)39-6-2)22(3)35-34(36)42-29/h5,7-9,11-20,31H,1,6,10,21H2,2-4H3/b29-20+/t31-/m1/s1. The van der Waals surface area contributed by atoms with Crippen LogP contribution >= 0.6 is 23.1 Å². The molecule has 1 atom stereocenters. The molecule has 0 spiro atoms. The van der Waals surface area contributed by atoms with E-state index in [2.05, 4.69) is 11.6 Å². The molecule has 0 radical (unpaired) electrons. The van der Waals surface area contributed by atoms with E-state index in [1.165, 1.54) is 11.3 Å². The number of thiazole rings is 1. The van der Waals surface area contributed by atoms with Crippen molar-refractivity contribution < 1.29 is 14.3 Å². The lowest BCUT2D eigenvalue weighted by Gasteiger charge is -2.24. The van der Waals surface area contributed by atoms with Gasteiger partial charge in [0.25, 0.3) is 5.56 Å². The molecule has 0 saturated carbocycles. The molecule has 4 aromatic rings. The third-order valence-electron chi connectivity index (χ3n) is 6.93. The molecule has 0 unspecified atom stereocenters. The van der Waals surface area contributed by atoms with Gasteiger partial charge in [-0.05, 0) is 79.1 Å². The number of esters is 1. The van der Waals surface area contributed by atoms with Crippen molar-refractivity contribution in [3.8, 4) is 5.75 Å². The highest BCUT2D eigenvalue weighted by Crippen LogP contribution is 2.32. The first-order valence-electron chi connectivity index (χ1n) is 13.7. The van der Waals surface area contributed by atoms with Crippen molar-refractivity contribution in [2.45, 2.75) is 37.8 Å². The number of aromatic nitrogens is 1. The summed E-state index contributed by atoms with van der Waals surface area (Å²) in [5.41, 5.74) is 4.48. The van der Waals surface area contributed by atoms with Gasteiger partial charge < -0.3 is 9.47 Å². The molecule has 8 heteroatoms. The van der Waals surface area contributed by atoms with Gasteiger partial charge >= 0.3 is 5.97 Å². The van der Waals surface area contributed by atoms with Crippen LogP contribution in [-0.4, -0.2) is 23.4 Å². The molecule has 0 amide bonds. The van der Waals surface area contributed by atoms with E-state index in [0.29, 0.717) is 33.6 Å². The van der Waals surface area contributed by atoms with E-state index in [4.69, 9.17) is 9.47 Å². The first-order valence-corrected chi connectivity index (χ1v) is 15.7. The number of ether oxygens (including phenoxy) is 2. The van der Waals surface area contributed by atoms with Gasteiger partial charge in [0.05, 0.1) is 28.5 Å². The van der Waals surface area contributed by atoms with Gasteiger partial charge in [-0.25, -0.2) is 9.79 Å². The third kappa shape index (κ3) is 6.20. The fraction of sp³-hybridized carbons (Fsp3) is 0.206. The first-order chi connectivity index (χ1) is 20.4. The zero-order valence-electron chi connectivity index (χ0n) is 23.8. The van der Waals surface area contributed by atoms with Crippen LogP contribution in [-0.2, 0) is 22.6 Å². The minimum Gasteiger partial charge on any atom is -0.489 e. The molecule has 2 heterocycles. The average Bonchev–Trinajstić information content (AvgIpc) is 3.30. The highest BCUT2D eigenvalue weighted by Gasteiger charge is 2.33. The maximum Gasteiger partial charge on any atom is 0.338 e. The van der Waals surface area contributed by atoms with Gasteiger partial charge in [0.1, 0.15) is 12.4 Å². The van der Waals surface area contributed by atoms with Gasteiger partial charge in [-0.2, -0.15) is 0 Å². The van der Waals surface area contributed by atoms with Gasteiger partial charge in [-0.15, -0.1) is 18.3 Å². The van der Waals surface area contributed by atoms with E-state index in [0.717, 1.165) is 32.9 Å². The number of fused-ring (bicyclic) bond motifs is 1. The summed E-state index contributed by atoms with van der Waals surface area (Å²) in [6, 6.07) is 23.2. The lowest BCUT2D eigenvalue weighted by molar-refractivity contribution is -0.139. The summed E-state index contributed by atoms with van der Waals surface area (Å²) in [5, 5.41) is 0. The molecule has 214 valence electrons. The Hall–Kier alpha value is -4.14. The Morgan fingerprint density at radius 3 is 2.57 bits per heavy atom. The Morgan fingerprint density at radius 1 is 1.12 bits per heavy atom. The number of carbonyl (C=O) groups excluding carboxylic acids is 1. The van der Waals surface area contributed by atoms with Crippen molar-refractivity contribution >= 4 is 35.1 Å². The van der Waals surface area contributed by atoms with Crippen molar-refractivity contribution in [1.29, 1.82) is 0 Å². The highest BCUT2D eigenvalue weighted by molar-refractivity contribution is 7.98. The number of rotatable bonds is 10. The second-order valence-electron chi connectivity index (χ2n) is 9.71. The Kier molecular flexibility index (Phi) is 9.25. The van der Waals surface area contributed by atoms with Crippen molar-refractivity contribution in [1.82, 2.24) is 4.57 Å². The van der Waals surface area contributed by atoms with Crippen molar-refractivity contribution in [2.24, 2.45) is 4.99 Å². The molecule has 0 bridgehead atoms. The molecule has 0 saturated heterocycles. The lowest BCUT2D eigenvalue weighted by Crippen LogP contribution is -2.39. The van der Waals surface area contributed by atoms with Gasteiger partial charge in [0, 0.05) is 4.90 Å². The summed E-state index contributed by atoms with van der Waals surface area (Å²) < 4.78 is 13.7. The van der Waals surface area contributed by atoms with E-state index in [-0.39, 0.29) is 12.2 Å². The second kappa shape index (κ2) is 13.2. The minimum absolute atomic E-state index is 0.207. The van der Waals surface area contributed by atoms with Gasteiger partial charge in [0.2, 0.25) is 0 Å². The maximum absolute atomic E-state index is 14.0. The Bertz CT molecular complexity index is 1820. The van der Waals surface area contributed by atoms with Crippen LogP contribution in [0.25, 0.3) is 6.08 Å². The number of carbonyl (C=O) groups is 1. The number of nitrogens with zero attached hydrogens (tertiary/aromatic N) is 2. The average molecular weight is 597 g/mol. The molecule has 1 aliphatic heterocycles. The molecular weight excluding hydrogens is 565 g/mol. The molecule has 1 aliphatic rings. The van der Waals surface area contributed by atoms with Crippen LogP contribution in [0.2, 0.25) is 0 Å². The zero-order valence-corrected chi connectivity index (χ0v) is 25.5. The number of thioether (sulfide) groups is 1. The Labute approximate surface area is 253 Å². The number of allylic oxidation sites excluding steroid dienone is 2. The second-order valence-corrected chi connectivity index (χ2v) is 11.6. The first kappa shape index (κ1) is 29.4. The highest BCUT2D eigenvalue weighted by atomic mass is 32.2. The van der Waals surface area contributed by atoms with Crippen LogP contribution < -0.4 is 19.6 Å². The smallest absolute Gasteiger partial charge is 0.338 e. The molecular formula is C34H32N2O4S2. The van der Waals surface area contributed by atoms with Crippen LogP contribution in [0.1, 0.15) is 42.1 Å². The van der Waals surface area contributed by atoms with Crippen molar-refractivity contribution in [2.75, 3.05) is 12.9 Å². The number of benzene rings is 3. The van der Waals surface area contributed by atoms with E-state index in [1.54, 1.807) is 30.2 Å². The minimum atomic E-state index is -0.636. The normalized spacial score (nSPS) is 14.7. The molecule has 0 N–H and O–H groups in total. The van der Waals surface area contributed by atoms with Crippen LogP contribution in [0.4, 0.5) is 0 Å². The van der Waals surface area contributed by atoms with Gasteiger partial charge in [-0.1, -0.05) is 65.9 Å². The molecule has 6 nitrogen and oxygen atoms in total. The summed E-state index contributed by atoms with van der Waals surface area (Å²) in [7, 11) is 0. The summed E-state index contributed by atoms with van der Waals surface area (Å²) in [5.74, 6) is 0.313. The van der Waals surface area contributed by atoms with Crippen LogP contribution in [0.3, 0.4) is 0 Å². The van der Waals surface area contributed by atoms with Crippen molar-refractivity contribution in [3.05, 3.63) is 139 Å². The van der Waals surface area contributed by atoms with E-state index in [9.17, 15) is 9.59 Å². The fourth-order valence-corrected chi connectivity index (χ4v) is 6.38. The van der Waals surface area contributed by atoms with Gasteiger partial charge in [0.15, 0.2) is 4.80 Å². The number of hydrogen-bond acceptors (Lipinski definition) is 7. The SMILES string of the molecule is C=CCc1cc(/C=c2/sc3n(c2=O)[C@H](c2ccc(SC)cc2)C(C(=O)OCC)=C(C)N=3)ccc1OCc1ccccc1. The Balaban J connectivity index is 1.56. The topological polar surface area (TPSA) is 69.9 Å². The summed E-state index contributed by atoms with van der Waals surface area (Å²) in [4.78, 5) is 33.4. The van der Waals surface area contributed by atoms with Crippen LogP contribution in [0, 0.1) is 0 Å². The third-order valence-corrected chi connectivity index (χ3v) is 8.66. The lowest BCUT2D eigenvalue weighted by atomic mass is 9.96. The molecule has 5 rings (SSSR count). The molecule has 42 heavy (non-hydrogen) atoms. The predicted octanol–water partition coefficient (Wildman–Crippen LogP) is 5.83. The zero-order chi connectivity index (χ0) is 29.6. The number of hydrogen-bond donors (Lipinski definition) is 0. The quantitative estimate of drug-likeness (QED) is 0.131. The van der Waals surface area contributed by atoms with Crippen LogP contribution in [0.15, 0.2) is 111 Å². The molecule has 0 fully saturated rings. The van der Waals surface area contributed by atoms with Crippen LogP contribution in [0.5, 0.6) is 5.75 Å². The molecule has 3 aromatic carbocycles. The largest absolute Gasteiger partial charge is 0.489 e. The predicted molar refractivity (Wildman–Crippen MR) is 170 cm³/mol. The van der Waals surface area contributed by atoms with Gasteiger partial charge in [-0.3, -0.25) is 9.36 Å². The summed E-state index contributed by atoms with van der Waals surface area (Å²) in [6.45, 7) is 8.16. The molecule has 0 aliphatic carbocycles. The maximum atomic E-state index is 14.0. The fourth-order valence-electron chi connectivity index (χ4n) is 4.92. The van der Waals surface area contributed by atoms with E-state index >= 15 is 0 Å². The summed E-state index contributed by atoms with van der Waals surface area (Å²) in [6.07, 6.45) is 6.34. The van der Waals surface area contributed by atoms with E-state index < -0.39 is 12.0 Å². The summed E-state index contributed by atoms with van der Waals surface area (Å²) >= 11 is 2.94. The van der Waals surface area contributed by atoms with E-state index in [1.807, 2.05) is 91.2 Å².